The molecule has 1 fully saturated rings. The van der Waals surface area contributed by atoms with Crippen LogP contribution in [0.1, 0.15) is 49.8 Å². The molecule has 88 valence electrons. The van der Waals surface area contributed by atoms with E-state index in [-0.39, 0.29) is 5.41 Å². The lowest BCUT2D eigenvalue weighted by molar-refractivity contribution is 0.0554. The summed E-state index contributed by atoms with van der Waals surface area (Å²) in [6, 6.07) is 8.33. The molecule has 0 heterocycles. The van der Waals surface area contributed by atoms with Gasteiger partial charge in [0.15, 0.2) is 0 Å². The SMILES string of the molecule is CC(C)(CN)C(O)c1cccc(C2CC2)c1. The van der Waals surface area contributed by atoms with Gasteiger partial charge in [0.2, 0.25) is 0 Å². The number of benzene rings is 1. The van der Waals surface area contributed by atoms with Gasteiger partial charge in [-0.2, -0.15) is 0 Å². The van der Waals surface area contributed by atoms with E-state index < -0.39 is 6.10 Å². The first kappa shape index (κ1) is 11.6. The Labute approximate surface area is 97.5 Å². The smallest absolute Gasteiger partial charge is 0.0853 e. The molecule has 0 aliphatic heterocycles. The zero-order valence-corrected chi connectivity index (χ0v) is 10.1. The van der Waals surface area contributed by atoms with Gasteiger partial charge in [-0.1, -0.05) is 38.1 Å². The van der Waals surface area contributed by atoms with Gasteiger partial charge in [0.1, 0.15) is 0 Å². The quantitative estimate of drug-likeness (QED) is 0.817. The maximum absolute atomic E-state index is 10.3. The first-order valence-electron chi connectivity index (χ1n) is 6.02. The number of rotatable bonds is 4. The van der Waals surface area contributed by atoms with E-state index in [9.17, 15) is 5.11 Å². The van der Waals surface area contributed by atoms with Crippen molar-refractivity contribution in [1.29, 1.82) is 0 Å². The number of aliphatic hydroxyl groups excluding tert-OH is 1. The van der Waals surface area contributed by atoms with Crippen molar-refractivity contribution in [2.45, 2.75) is 38.7 Å². The summed E-state index contributed by atoms with van der Waals surface area (Å²) < 4.78 is 0. The van der Waals surface area contributed by atoms with Crippen LogP contribution in [0.5, 0.6) is 0 Å². The minimum atomic E-state index is -0.476. The van der Waals surface area contributed by atoms with Crippen LogP contribution in [0, 0.1) is 5.41 Å². The van der Waals surface area contributed by atoms with E-state index in [1.807, 2.05) is 26.0 Å². The lowest BCUT2D eigenvalue weighted by Gasteiger charge is -2.29. The van der Waals surface area contributed by atoms with E-state index in [0.717, 1.165) is 11.5 Å². The van der Waals surface area contributed by atoms with Crippen molar-refractivity contribution in [3.8, 4) is 0 Å². The molecule has 1 aliphatic rings. The van der Waals surface area contributed by atoms with E-state index in [1.54, 1.807) is 0 Å². The summed E-state index contributed by atoms with van der Waals surface area (Å²) in [4.78, 5) is 0. The number of hydrogen-bond donors (Lipinski definition) is 2. The predicted molar refractivity (Wildman–Crippen MR) is 66.2 cm³/mol. The Kier molecular flexibility index (Phi) is 3.04. The highest BCUT2D eigenvalue weighted by molar-refractivity contribution is 5.31. The van der Waals surface area contributed by atoms with Gasteiger partial charge in [-0.3, -0.25) is 0 Å². The highest BCUT2D eigenvalue weighted by Gasteiger charge is 2.29. The van der Waals surface area contributed by atoms with E-state index in [4.69, 9.17) is 5.73 Å². The van der Waals surface area contributed by atoms with Crippen LogP contribution < -0.4 is 5.73 Å². The van der Waals surface area contributed by atoms with Crippen molar-refractivity contribution >= 4 is 0 Å². The van der Waals surface area contributed by atoms with Gasteiger partial charge in [-0.15, -0.1) is 0 Å². The first-order valence-corrected chi connectivity index (χ1v) is 6.02. The summed E-state index contributed by atoms with van der Waals surface area (Å²) in [6.45, 7) is 4.49. The molecule has 1 aromatic rings. The first-order chi connectivity index (χ1) is 7.54. The van der Waals surface area contributed by atoms with Gasteiger partial charge in [0.25, 0.3) is 0 Å². The predicted octanol–water partition coefficient (Wildman–Crippen LogP) is 2.58. The second kappa shape index (κ2) is 4.19. The molecule has 2 rings (SSSR count). The molecule has 0 aromatic heterocycles. The molecule has 2 heteroatoms. The summed E-state index contributed by atoms with van der Waals surface area (Å²) in [5.41, 5.74) is 7.80. The third-order valence-corrected chi connectivity index (χ3v) is 3.54. The molecule has 0 amide bonds. The van der Waals surface area contributed by atoms with Gasteiger partial charge < -0.3 is 10.8 Å². The van der Waals surface area contributed by atoms with E-state index in [0.29, 0.717) is 6.54 Å². The second-order valence-electron chi connectivity index (χ2n) is 5.54. The molecule has 1 atom stereocenters. The molecule has 1 unspecified atom stereocenters. The lowest BCUT2D eigenvalue weighted by Crippen LogP contribution is -2.30. The lowest BCUT2D eigenvalue weighted by atomic mass is 9.82. The standard InChI is InChI=1S/C14H21NO/c1-14(2,9-15)13(16)12-5-3-4-11(8-12)10-6-7-10/h3-5,8,10,13,16H,6-7,9,15H2,1-2H3. The monoisotopic (exact) mass is 219 g/mol. The Balaban J connectivity index is 2.22. The average molecular weight is 219 g/mol. The average Bonchev–Trinajstić information content (AvgIpc) is 3.12. The summed E-state index contributed by atoms with van der Waals surface area (Å²) in [5.74, 6) is 0.730. The molecule has 3 N–H and O–H groups in total. The summed E-state index contributed by atoms with van der Waals surface area (Å²) in [7, 11) is 0. The van der Waals surface area contributed by atoms with Gasteiger partial charge in [0.05, 0.1) is 6.10 Å². The van der Waals surface area contributed by atoms with E-state index >= 15 is 0 Å². The Bertz CT molecular complexity index is 369. The number of hydrogen-bond acceptors (Lipinski definition) is 2. The van der Waals surface area contributed by atoms with Crippen LogP contribution in [0.4, 0.5) is 0 Å². The maximum Gasteiger partial charge on any atom is 0.0853 e. The summed E-state index contributed by atoms with van der Waals surface area (Å²) >= 11 is 0. The molecule has 0 bridgehead atoms. The normalized spacial score (nSPS) is 18.5. The van der Waals surface area contributed by atoms with Crippen molar-refractivity contribution in [1.82, 2.24) is 0 Å². The third kappa shape index (κ3) is 2.28. The van der Waals surface area contributed by atoms with Crippen LogP contribution in [0.3, 0.4) is 0 Å². The number of aliphatic hydroxyl groups is 1. The van der Waals surface area contributed by atoms with Gasteiger partial charge in [-0.25, -0.2) is 0 Å². The second-order valence-corrected chi connectivity index (χ2v) is 5.54. The fourth-order valence-corrected chi connectivity index (χ4v) is 1.96. The Morgan fingerprint density at radius 2 is 2.12 bits per heavy atom. The molecule has 16 heavy (non-hydrogen) atoms. The van der Waals surface area contributed by atoms with Crippen LogP contribution >= 0.6 is 0 Å². The minimum Gasteiger partial charge on any atom is -0.388 e. The zero-order valence-electron chi connectivity index (χ0n) is 10.1. The van der Waals surface area contributed by atoms with E-state index in [2.05, 4.69) is 12.1 Å². The maximum atomic E-state index is 10.3. The fourth-order valence-electron chi connectivity index (χ4n) is 1.96. The Morgan fingerprint density at radius 3 is 2.69 bits per heavy atom. The third-order valence-electron chi connectivity index (χ3n) is 3.54. The van der Waals surface area contributed by atoms with Crippen LogP contribution in [-0.2, 0) is 0 Å². The van der Waals surface area contributed by atoms with Crippen LogP contribution in [0.25, 0.3) is 0 Å². The molecule has 1 aromatic carbocycles. The Hall–Kier alpha value is -0.860. The van der Waals surface area contributed by atoms with Gasteiger partial charge in [0, 0.05) is 12.0 Å². The molecule has 0 spiro atoms. The van der Waals surface area contributed by atoms with Crippen LogP contribution in [0.15, 0.2) is 24.3 Å². The van der Waals surface area contributed by atoms with Crippen LogP contribution in [0.2, 0.25) is 0 Å². The largest absolute Gasteiger partial charge is 0.388 e. The molecular formula is C14H21NO. The molecule has 1 saturated carbocycles. The van der Waals surface area contributed by atoms with Crippen molar-refractivity contribution in [3.05, 3.63) is 35.4 Å². The highest BCUT2D eigenvalue weighted by atomic mass is 16.3. The van der Waals surface area contributed by atoms with Gasteiger partial charge in [-0.05, 0) is 29.9 Å². The van der Waals surface area contributed by atoms with Gasteiger partial charge >= 0.3 is 0 Å². The molecule has 2 nitrogen and oxygen atoms in total. The number of nitrogens with two attached hydrogens (primary N) is 1. The van der Waals surface area contributed by atoms with Crippen molar-refractivity contribution < 1.29 is 5.11 Å². The highest BCUT2D eigenvalue weighted by Crippen LogP contribution is 2.41. The molecule has 1 aliphatic carbocycles. The summed E-state index contributed by atoms with van der Waals surface area (Å²) in [5, 5.41) is 10.3. The fraction of sp³-hybridized carbons (Fsp3) is 0.571. The topological polar surface area (TPSA) is 46.2 Å². The van der Waals surface area contributed by atoms with Crippen molar-refractivity contribution in [2.75, 3.05) is 6.54 Å². The van der Waals surface area contributed by atoms with Crippen molar-refractivity contribution in [2.24, 2.45) is 11.1 Å². The minimum absolute atomic E-state index is 0.262. The zero-order chi connectivity index (χ0) is 11.8. The Morgan fingerprint density at radius 1 is 1.44 bits per heavy atom. The molecule has 0 saturated heterocycles. The van der Waals surface area contributed by atoms with Crippen molar-refractivity contribution in [3.63, 3.8) is 0 Å². The van der Waals surface area contributed by atoms with E-state index in [1.165, 1.54) is 18.4 Å². The van der Waals surface area contributed by atoms with Crippen LogP contribution in [-0.4, -0.2) is 11.7 Å². The summed E-state index contributed by atoms with van der Waals surface area (Å²) in [6.07, 6.45) is 2.11. The molecular weight excluding hydrogens is 198 g/mol. The molecule has 0 radical (unpaired) electrons.